The third-order valence-corrected chi connectivity index (χ3v) is 5.96. The van der Waals surface area contributed by atoms with Crippen LogP contribution in [-0.4, -0.2) is 31.4 Å². The van der Waals surface area contributed by atoms with Crippen LogP contribution in [0.4, 0.5) is 5.69 Å². The van der Waals surface area contributed by atoms with Gasteiger partial charge in [-0.3, -0.25) is 4.79 Å². The minimum Gasteiger partial charge on any atom is -0.487 e. The number of hydrogen-bond acceptors (Lipinski definition) is 8. The molecule has 0 bridgehead atoms. The minimum atomic E-state index is -3.91. The Kier molecular flexibility index (Phi) is 7.23. The first-order valence-electron chi connectivity index (χ1n) is 9.40. The van der Waals surface area contributed by atoms with E-state index in [1.165, 1.54) is 54.7 Å². The zero-order chi connectivity index (χ0) is 23.3. The Morgan fingerprint density at radius 1 is 1.19 bits per heavy atom. The van der Waals surface area contributed by atoms with Gasteiger partial charge in [0.2, 0.25) is 10.0 Å². The molecule has 9 nitrogen and oxygen atoms in total. The second-order valence-electron chi connectivity index (χ2n) is 6.78. The Hall–Kier alpha value is -3.28. The number of rotatable bonds is 8. The minimum absolute atomic E-state index is 0.146. The molecule has 0 aliphatic rings. The number of amides is 1. The number of sulfonamides is 1. The fraction of sp³-hybridized carbons (Fsp3) is 0.190. The van der Waals surface area contributed by atoms with Crippen molar-refractivity contribution in [1.29, 1.82) is 0 Å². The SMILES string of the molecule is Cc1nc(COc2ccc(C(=O)OC(C)C(=O)Nc3cccc(S(N)(=O)=O)c3)cc2)cs1. The standard InChI is InChI=1S/C21H21N3O6S2/c1-13(20(25)24-16-4-3-5-19(10-16)32(22,27)28)30-21(26)15-6-8-18(9-7-15)29-11-17-12-31-14(2)23-17/h3-10,12-13H,11H2,1-2H3,(H,24,25)(H2,22,27,28). The molecule has 0 aliphatic carbocycles. The Morgan fingerprint density at radius 2 is 1.91 bits per heavy atom. The van der Waals surface area contributed by atoms with E-state index in [0.29, 0.717) is 12.4 Å². The van der Waals surface area contributed by atoms with Crippen molar-refractivity contribution in [3.63, 3.8) is 0 Å². The highest BCUT2D eigenvalue weighted by Crippen LogP contribution is 2.17. The lowest BCUT2D eigenvalue weighted by Crippen LogP contribution is -2.30. The van der Waals surface area contributed by atoms with Crippen LogP contribution in [0.1, 0.15) is 28.0 Å². The molecule has 3 N–H and O–H groups in total. The van der Waals surface area contributed by atoms with E-state index in [0.717, 1.165) is 10.7 Å². The van der Waals surface area contributed by atoms with Gasteiger partial charge in [-0.05, 0) is 56.3 Å². The summed E-state index contributed by atoms with van der Waals surface area (Å²) in [6.07, 6.45) is -1.12. The number of anilines is 1. The summed E-state index contributed by atoms with van der Waals surface area (Å²) in [7, 11) is -3.91. The molecule has 168 valence electrons. The van der Waals surface area contributed by atoms with Crippen LogP contribution in [0, 0.1) is 6.92 Å². The summed E-state index contributed by atoms with van der Waals surface area (Å²) in [6, 6.07) is 11.8. The van der Waals surface area contributed by atoms with Crippen LogP contribution in [0.25, 0.3) is 0 Å². The molecule has 11 heteroatoms. The van der Waals surface area contributed by atoms with E-state index in [1.807, 2.05) is 12.3 Å². The summed E-state index contributed by atoms with van der Waals surface area (Å²) < 4.78 is 33.7. The van der Waals surface area contributed by atoms with Crippen molar-refractivity contribution in [2.45, 2.75) is 31.5 Å². The Morgan fingerprint density at radius 3 is 2.53 bits per heavy atom. The molecular weight excluding hydrogens is 454 g/mol. The van der Waals surface area contributed by atoms with E-state index >= 15 is 0 Å². The molecule has 0 saturated heterocycles. The van der Waals surface area contributed by atoms with Gasteiger partial charge in [-0.15, -0.1) is 11.3 Å². The summed E-state index contributed by atoms with van der Waals surface area (Å²) in [6.45, 7) is 3.64. The molecule has 1 aromatic heterocycles. The zero-order valence-corrected chi connectivity index (χ0v) is 18.9. The normalized spacial score (nSPS) is 12.1. The number of carbonyl (C=O) groups is 2. The third kappa shape index (κ3) is 6.36. The van der Waals surface area contributed by atoms with E-state index < -0.39 is 28.0 Å². The third-order valence-electron chi connectivity index (χ3n) is 4.23. The predicted molar refractivity (Wildman–Crippen MR) is 119 cm³/mol. The lowest BCUT2D eigenvalue weighted by atomic mass is 10.2. The van der Waals surface area contributed by atoms with Crippen LogP contribution in [0.5, 0.6) is 5.75 Å². The Balaban J connectivity index is 1.55. The first-order valence-corrected chi connectivity index (χ1v) is 11.8. The van der Waals surface area contributed by atoms with E-state index in [-0.39, 0.29) is 16.1 Å². The molecule has 0 radical (unpaired) electrons. The van der Waals surface area contributed by atoms with Crippen molar-refractivity contribution in [1.82, 2.24) is 4.98 Å². The van der Waals surface area contributed by atoms with Crippen molar-refractivity contribution < 1.29 is 27.5 Å². The van der Waals surface area contributed by atoms with Gasteiger partial charge in [-0.2, -0.15) is 0 Å². The van der Waals surface area contributed by atoms with Crippen molar-refractivity contribution in [2.24, 2.45) is 5.14 Å². The van der Waals surface area contributed by atoms with Gasteiger partial charge in [0.15, 0.2) is 6.10 Å². The van der Waals surface area contributed by atoms with Gasteiger partial charge in [0.05, 0.1) is 21.2 Å². The fourth-order valence-corrected chi connectivity index (χ4v) is 3.75. The second kappa shape index (κ2) is 9.90. The van der Waals surface area contributed by atoms with Gasteiger partial charge in [-0.25, -0.2) is 23.3 Å². The maximum atomic E-state index is 12.3. The topological polar surface area (TPSA) is 138 Å². The number of hydrogen-bond donors (Lipinski definition) is 2. The molecule has 3 rings (SSSR count). The maximum Gasteiger partial charge on any atom is 0.338 e. The number of nitrogens with zero attached hydrogens (tertiary/aromatic N) is 1. The number of benzene rings is 2. The van der Waals surface area contributed by atoms with E-state index in [1.54, 1.807) is 12.1 Å². The molecular formula is C21H21N3O6S2. The van der Waals surface area contributed by atoms with Gasteiger partial charge in [0.1, 0.15) is 12.4 Å². The molecule has 2 aromatic carbocycles. The van der Waals surface area contributed by atoms with Crippen molar-refractivity contribution in [3.05, 3.63) is 70.2 Å². The molecule has 1 atom stereocenters. The number of thiazole rings is 1. The van der Waals surface area contributed by atoms with Crippen molar-refractivity contribution in [3.8, 4) is 5.75 Å². The van der Waals surface area contributed by atoms with Crippen LogP contribution in [0.3, 0.4) is 0 Å². The predicted octanol–water partition coefficient (Wildman–Crippen LogP) is 2.86. The van der Waals surface area contributed by atoms with Crippen LogP contribution in [0.15, 0.2) is 58.8 Å². The fourth-order valence-electron chi connectivity index (χ4n) is 2.60. The summed E-state index contributed by atoms with van der Waals surface area (Å²) in [5, 5.41) is 10.4. The molecule has 1 heterocycles. The monoisotopic (exact) mass is 475 g/mol. The molecule has 0 aliphatic heterocycles. The van der Waals surface area contributed by atoms with Gasteiger partial charge < -0.3 is 14.8 Å². The van der Waals surface area contributed by atoms with Gasteiger partial charge in [0.25, 0.3) is 5.91 Å². The lowest BCUT2D eigenvalue weighted by molar-refractivity contribution is -0.123. The smallest absolute Gasteiger partial charge is 0.338 e. The summed E-state index contributed by atoms with van der Waals surface area (Å²) in [4.78, 5) is 28.8. The van der Waals surface area contributed by atoms with Crippen molar-refractivity contribution in [2.75, 3.05) is 5.32 Å². The molecule has 3 aromatic rings. The average Bonchev–Trinajstić information content (AvgIpc) is 3.17. The second-order valence-corrected chi connectivity index (χ2v) is 9.40. The number of nitrogens with one attached hydrogen (secondary N) is 1. The van der Waals surface area contributed by atoms with Crippen LogP contribution < -0.4 is 15.2 Å². The van der Waals surface area contributed by atoms with E-state index in [9.17, 15) is 18.0 Å². The van der Waals surface area contributed by atoms with Crippen LogP contribution >= 0.6 is 11.3 Å². The average molecular weight is 476 g/mol. The highest BCUT2D eigenvalue weighted by molar-refractivity contribution is 7.89. The Labute approximate surface area is 189 Å². The molecule has 1 amide bonds. The summed E-state index contributed by atoms with van der Waals surface area (Å²) in [5.41, 5.74) is 1.28. The number of aromatic nitrogens is 1. The molecule has 1 unspecified atom stereocenters. The largest absolute Gasteiger partial charge is 0.487 e. The first-order chi connectivity index (χ1) is 15.1. The lowest BCUT2D eigenvalue weighted by Gasteiger charge is -2.14. The number of carbonyl (C=O) groups excluding carboxylic acids is 2. The van der Waals surface area contributed by atoms with E-state index in [4.69, 9.17) is 14.6 Å². The quantitative estimate of drug-likeness (QED) is 0.478. The summed E-state index contributed by atoms with van der Waals surface area (Å²) in [5.74, 6) is -0.747. The van der Waals surface area contributed by atoms with E-state index in [2.05, 4.69) is 10.3 Å². The number of aryl methyl sites for hydroxylation is 1. The number of nitrogens with two attached hydrogens (primary N) is 1. The van der Waals surface area contributed by atoms with Crippen LogP contribution in [-0.2, 0) is 26.2 Å². The van der Waals surface area contributed by atoms with Crippen molar-refractivity contribution >= 4 is 38.9 Å². The van der Waals surface area contributed by atoms with Crippen LogP contribution in [0.2, 0.25) is 0 Å². The molecule has 32 heavy (non-hydrogen) atoms. The van der Waals surface area contributed by atoms with Gasteiger partial charge in [0, 0.05) is 11.1 Å². The number of primary sulfonamides is 1. The number of esters is 1. The first kappa shape index (κ1) is 23.4. The number of ether oxygens (including phenoxy) is 2. The molecule has 0 fully saturated rings. The van der Waals surface area contributed by atoms with Gasteiger partial charge in [-0.1, -0.05) is 6.07 Å². The Bertz CT molecular complexity index is 1220. The zero-order valence-electron chi connectivity index (χ0n) is 17.3. The highest BCUT2D eigenvalue weighted by Gasteiger charge is 2.20. The highest BCUT2D eigenvalue weighted by atomic mass is 32.2. The molecule has 0 saturated carbocycles. The van der Waals surface area contributed by atoms with Gasteiger partial charge >= 0.3 is 5.97 Å². The summed E-state index contributed by atoms with van der Waals surface area (Å²) >= 11 is 1.54. The molecule has 0 spiro atoms. The maximum absolute atomic E-state index is 12.3.